The van der Waals surface area contributed by atoms with Crippen molar-refractivity contribution in [2.45, 2.75) is 55.4 Å². The van der Waals surface area contributed by atoms with Gasteiger partial charge < -0.3 is 10.1 Å². The summed E-state index contributed by atoms with van der Waals surface area (Å²) < 4.78 is 34.4. The molecule has 2 heterocycles. The lowest BCUT2D eigenvalue weighted by atomic mass is 9.80. The van der Waals surface area contributed by atoms with Gasteiger partial charge in [-0.15, -0.1) is 0 Å². The predicted molar refractivity (Wildman–Crippen MR) is 107 cm³/mol. The number of nitrogens with zero attached hydrogens (tertiary/aromatic N) is 1. The van der Waals surface area contributed by atoms with E-state index in [9.17, 15) is 13.2 Å². The zero-order chi connectivity index (χ0) is 19.8. The van der Waals surface area contributed by atoms with Gasteiger partial charge in [0.05, 0.1) is 24.0 Å². The fourth-order valence-electron chi connectivity index (χ4n) is 4.73. The van der Waals surface area contributed by atoms with E-state index >= 15 is 0 Å². The van der Waals surface area contributed by atoms with Crippen LogP contribution < -0.4 is 10.0 Å². The van der Waals surface area contributed by atoms with E-state index in [0.717, 1.165) is 44.3 Å². The topological polar surface area (TPSA) is 87.7 Å². The molecule has 28 heavy (non-hydrogen) atoms. The van der Waals surface area contributed by atoms with Gasteiger partial charge in [0.1, 0.15) is 0 Å². The Kier molecular flexibility index (Phi) is 5.48. The van der Waals surface area contributed by atoms with Crippen LogP contribution in [0.5, 0.6) is 0 Å². The van der Waals surface area contributed by atoms with Gasteiger partial charge in [0.25, 0.3) is 0 Å². The van der Waals surface area contributed by atoms with Gasteiger partial charge in [0.15, 0.2) is 0 Å². The first-order valence-corrected chi connectivity index (χ1v) is 11.7. The van der Waals surface area contributed by atoms with E-state index < -0.39 is 10.0 Å². The van der Waals surface area contributed by atoms with Gasteiger partial charge in [-0.1, -0.05) is 19.3 Å². The van der Waals surface area contributed by atoms with Crippen LogP contribution in [0.3, 0.4) is 0 Å². The highest BCUT2D eigenvalue weighted by Crippen LogP contribution is 2.36. The van der Waals surface area contributed by atoms with Crippen LogP contribution in [0.2, 0.25) is 0 Å². The molecule has 1 amide bonds. The summed E-state index contributed by atoms with van der Waals surface area (Å²) >= 11 is 0. The third-order valence-corrected chi connectivity index (χ3v) is 7.91. The lowest BCUT2D eigenvalue weighted by Crippen LogP contribution is -2.59. The molecule has 2 N–H and O–H groups in total. The number of sulfonamides is 1. The monoisotopic (exact) mass is 407 g/mol. The van der Waals surface area contributed by atoms with Crippen molar-refractivity contribution in [2.75, 3.05) is 38.2 Å². The summed E-state index contributed by atoms with van der Waals surface area (Å²) in [6, 6.07) is 4.88. The van der Waals surface area contributed by atoms with Crippen LogP contribution in [0, 0.1) is 0 Å². The Hall–Kier alpha value is -1.48. The van der Waals surface area contributed by atoms with E-state index in [4.69, 9.17) is 4.74 Å². The molecule has 1 aromatic carbocycles. The summed E-state index contributed by atoms with van der Waals surface area (Å²) in [5, 5.41) is 2.79. The smallest absolute Gasteiger partial charge is 0.240 e. The molecule has 0 radical (unpaired) electrons. The number of amides is 1. The van der Waals surface area contributed by atoms with Crippen LogP contribution in [-0.2, 0) is 19.6 Å². The van der Waals surface area contributed by atoms with Gasteiger partial charge in [-0.25, -0.2) is 13.1 Å². The van der Waals surface area contributed by atoms with E-state index in [1.165, 1.54) is 6.42 Å². The number of fused-ring (bicyclic) bond motifs is 1. The molecule has 0 aromatic heterocycles. The SMILES string of the molecule is C[C@@H]1C(=O)Nc2ccc(S(=O)(=O)NCC3(N4CCOCC4)CCCCC3)cc21. The maximum absolute atomic E-state index is 13.0. The van der Waals surface area contributed by atoms with Crippen LogP contribution in [-0.4, -0.2) is 57.6 Å². The quantitative estimate of drug-likeness (QED) is 0.780. The summed E-state index contributed by atoms with van der Waals surface area (Å²) in [7, 11) is -3.65. The summed E-state index contributed by atoms with van der Waals surface area (Å²) in [5.41, 5.74) is 1.32. The maximum atomic E-state index is 13.0. The molecule has 7 nitrogen and oxygen atoms in total. The summed E-state index contributed by atoms with van der Waals surface area (Å²) in [6.45, 7) is 5.33. The van der Waals surface area contributed by atoms with E-state index in [0.29, 0.717) is 25.4 Å². The second-order valence-electron chi connectivity index (χ2n) is 8.17. The number of nitrogens with one attached hydrogen (secondary N) is 2. The Labute approximate surface area is 166 Å². The van der Waals surface area contributed by atoms with Crippen LogP contribution >= 0.6 is 0 Å². The molecule has 2 aliphatic heterocycles. The first-order valence-electron chi connectivity index (χ1n) is 10.2. The minimum atomic E-state index is -3.65. The standard InChI is InChI=1S/C20H29N3O4S/c1-15-17-13-16(5-6-18(17)22-19(15)24)28(25,26)21-14-20(7-3-2-4-8-20)23-9-11-27-12-10-23/h5-6,13,15,21H,2-4,7-12,14H2,1H3,(H,22,24)/t15-/m0/s1. The molecule has 154 valence electrons. The van der Waals surface area contributed by atoms with Crippen molar-refractivity contribution < 1.29 is 17.9 Å². The molecule has 0 bridgehead atoms. The van der Waals surface area contributed by atoms with E-state index in [2.05, 4.69) is 14.9 Å². The molecule has 1 saturated carbocycles. The third-order valence-electron chi connectivity index (χ3n) is 6.51. The first kappa shape index (κ1) is 19.8. The molecule has 1 atom stereocenters. The van der Waals surface area contributed by atoms with Crippen molar-refractivity contribution in [1.82, 2.24) is 9.62 Å². The third kappa shape index (κ3) is 3.70. The van der Waals surface area contributed by atoms with Crippen molar-refractivity contribution in [3.8, 4) is 0 Å². The van der Waals surface area contributed by atoms with Crippen molar-refractivity contribution in [2.24, 2.45) is 0 Å². The van der Waals surface area contributed by atoms with E-state index in [1.807, 2.05) is 0 Å². The van der Waals surface area contributed by atoms with Gasteiger partial charge in [0.2, 0.25) is 15.9 Å². The Morgan fingerprint density at radius 1 is 1.21 bits per heavy atom. The summed E-state index contributed by atoms with van der Waals surface area (Å²) in [5.74, 6) is -0.422. The molecular formula is C20H29N3O4S. The van der Waals surface area contributed by atoms with Crippen molar-refractivity contribution in [1.29, 1.82) is 0 Å². The molecule has 1 saturated heterocycles. The Bertz CT molecular complexity index is 843. The van der Waals surface area contributed by atoms with Crippen LogP contribution in [0.4, 0.5) is 5.69 Å². The zero-order valence-electron chi connectivity index (χ0n) is 16.4. The average Bonchev–Trinajstić information content (AvgIpc) is 3.01. The second-order valence-corrected chi connectivity index (χ2v) is 9.94. The molecule has 2 fully saturated rings. The molecular weight excluding hydrogens is 378 g/mol. The highest BCUT2D eigenvalue weighted by Gasteiger charge is 2.39. The fourth-order valence-corrected chi connectivity index (χ4v) is 5.88. The lowest BCUT2D eigenvalue weighted by molar-refractivity contribution is -0.116. The minimum absolute atomic E-state index is 0.0917. The number of benzene rings is 1. The van der Waals surface area contributed by atoms with E-state index in [1.54, 1.807) is 25.1 Å². The minimum Gasteiger partial charge on any atom is -0.379 e. The second kappa shape index (κ2) is 7.74. The summed E-state index contributed by atoms with van der Waals surface area (Å²) in [4.78, 5) is 14.5. The molecule has 1 aliphatic carbocycles. The molecule has 0 spiro atoms. The zero-order valence-corrected chi connectivity index (χ0v) is 17.2. The fraction of sp³-hybridized carbons (Fsp3) is 0.650. The molecule has 3 aliphatic rings. The molecule has 8 heteroatoms. The number of anilines is 1. The van der Waals surface area contributed by atoms with Crippen LogP contribution in [0.25, 0.3) is 0 Å². The largest absolute Gasteiger partial charge is 0.379 e. The van der Waals surface area contributed by atoms with Crippen LogP contribution in [0.15, 0.2) is 23.1 Å². The summed E-state index contributed by atoms with van der Waals surface area (Å²) in [6.07, 6.45) is 5.49. The van der Waals surface area contributed by atoms with Crippen molar-refractivity contribution >= 4 is 21.6 Å². The van der Waals surface area contributed by atoms with Gasteiger partial charge in [0, 0.05) is 30.9 Å². The Morgan fingerprint density at radius 3 is 2.64 bits per heavy atom. The number of ether oxygens (including phenoxy) is 1. The molecule has 4 rings (SSSR count). The van der Waals surface area contributed by atoms with Gasteiger partial charge in [-0.2, -0.15) is 0 Å². The number of rotatable bonds is 5. The molecule has 0 unspecified atom stereocenters. The highest BCUT2D eigenvalue weighted by atomic mass is 32.2. The highest BCUT2D eigenvalue weighted by molar-refractivity contribution is 7.89. The normalized spacial score (nSPS) is 25.3. The number of carbonyl (C=O) groups excluding carboxylic acids is 1. The lowest BCUT2D eigenvalue weighted by Gasteiger charge is -2.48. The number of hydrogen-bond donors (Lipinski definition) is 2. The predicted octanol–water partition coefficient (Wildman–Crippen LogP) is 2.06. The average molecular weight is 408 g/mol. The number of morpholine rings is 1. The van der Waals surface area contributed by atoms with Crippen molar-refractivity contribution in [3.63, 3.8) is 0 Å². The Balaban J connectivity index is 1.53. The van der Waals surface area contributed by atoms with Crippen LogP contribution in [0.1, 0.15) is 50.5 Å². The first-order chi connectivity index (χ1) is 13.4. The number of carbonyl (C=O) groups is 1. The van der Waals surface area contributed by atoms with Crippen molar-refractivity contribution in [3.05, 3.63) is 23.8 Å². The van der Waals surface area contributed by atoms with E-state index in [-0.39, 0.29) is 22.3 Å². The maximum Gasteiger partial charge on any atom is 0.240 e. The van der Waals surface area contributed by atoms with Gasteiger partial charge >= 0.3 is 0 Å². The van der Waals surface area contributed by atoms with Gasteiger partial charge in [-0.3, -0.25) is 9.69 Å². The van der Waals surface area contributed by atoms with Gasteiger partial charge in [-0.05, 0) is 43.5 Å². The number of hydrogen-bond acceptors (Lipinski definition) is 5. The Morgan fingerprint density at radius 2 is 1.93 bits per heavy atom. The molecule has 1 aromatic rings.